The van der Waals surface area contributed by atoms with Crippen molar-refractivity contribution in [2.24, 2.45) is 0 Å². The lowest BCUT2D eigenvalue weighted by Gasteiger charge is -2.12. The molecule has 0 aliphatic carbocycles. The molecule has 0 spiro atoms. The van der Waals surface area contributed by atoms with E-state index in [1.54, 1.807) is 18.5 Å². The molecule has 1 N–H and O–H groups in total. The summed E-state index contributed by atoms with van der Waals surface area (Å²) in [5.41, 5.74) is 2.57. The Hall–Kier alpha value is -2.20. The van der Waals surface area contributed by atoms with Crippen LogP contribution in [0.1, 0.15) is 11.7 Å². The number of benzene rings is 2. The van der Waals surface area contributed by atoms with Gasteiger partial charge in [-0.1, -0.05) is 24.3 Å². The van der Waals surface area contributed by atoms with Crippen LogP contribution in [0.15, 0.2) is 54.9 Å². The first-order valence-electron chi connectivity index (χ1n) is 6.07. The predicted octanol–water partition coefficient (Wildman–Crippen LogP) is 2.91. The zero-order valence-corrected chi connectivity index (χ0v) is 10.2. The minimum atomic E-state index is -0.682. The molecule has 1 heterocycles. The first kappa shape index (κ1) is 11.9. The van der Waals surface area contributed by atoms with Gasteiger partial charge in [0.05, 0.1) is 30.0 Å². The molecule has 2 aromatic carbocycles. The summed E-state index contributed by atoms with van der Waals surface area (Å²) in [4.78, 5) is 4.27. The smallest absolute Gasteiger partial charge is 0.123 e. The number of nitrogens with zero attached hydrogens (tertiary/aromatic N) is 2. The minimum Gasteiger partial charge on any atom is -0.387 e. The maximum atomic E-state index is 12.8. The summed E-state index contributed by atoms with van der Waals surface area (Å²) in [5, 5.41) is 10.2. The lowest BCUT2D eigenvalue weighted by molar-refractivity contribution is 0.158. The van der Waals surface area contributed by atoms with Crippen LogP contribution in [0.5, 0.6) is 0 Å². The molecule has 0 amide bonds. The SMILES string of the molecule is OC(Cn1cnc2ccccc21)c1ccc(F)cc1. The number of hydrogen-bond acceptors (Lipinski definition) is 2. The van der Waals surface area contributed by atoms with Crippen molar-refractivity contribution in [1.29, 1.82) is 0 Å². The van der Waals surface area contributed by atoms with Crippen LogP contribution in [0, 0.1) is 5.82 Å². The maximum absolute atomic E-state index is 12.8. The highest BCUT2D eigenvalue weighted by Crippen LogP contribution is 2.19. The van der Waals surface area contributed by atoms with Crippen LogP contribution < -0.4 is 0 Å². The van der Waals surface area contributed by atoms with Crippen molar-refractivity contribution in [2.75, 3.05) is 0 Å². The molecule has 0 saturated heterocycles. The van der Waals surface area contributed by atoms with Crippen molar-refractivity contribution in [3.8, 4) is 0 Å². The molecule has 96 valence electrons. The average Bonchev–Trinajstić information content (AvgIpc) is 2.83. The van der Waals surface area contributed by atoms with Gasteiger partial charge in [0.2, 0.25) is 0 Å². The third kappa shape index (κ3) is 2.35. The molecule has 0 aliphatic heterocycles. The third-order valence-electron chi connectivity index (χ3n) is 3.15. The molecule has 0 bridgehead atoms. The highest BCUT2D eigenvalue weighted by atomic mass is 19.1. The van der Waals surface area contributed by atoms with Crippen molar-refractivity contribution in [2.45, 2.75) is 12.6 Å². The summed E-state index contributed by atoms with van der Waals surface area (Å²) in [6.07, 6.45) is 1.02. The predicted molar refractivity (Wildman–Crippen MR) is 71.1 cm³/mol. The van der Waals surface area contributed by atoms with Gasteiger partial charge < -0.3 is 9.67 Å². The molecule has 1 unspecified atom stereocenters. The Balaban J connectivity index is 1.86. The van der Waals surface area contributed by atoms with Crippen molar-refractivity contribution < 1.29 is 9.50 Å². The Labute approximate surface area is 109 Å². The molecular weight excluding hydrogens is 243 g/mol. The normalized spacial score (nSPS) is 12.7. The van der Waals surface area contributed by atoms with Crippen LogP contribution in [0.4, 0.5) is 4.39 Å². The fourth-order valence-corrected chi connectivity index (χ4v) is 2.13. The second-order valence-electron chi connectivity index (χ2n) is 4.45. The largest absolute Gasteiger partial charge is 0.387 e. The molecule has 0 saturated carbocycles. The van der Waals surface area contributed by atoms with Gasteiger partial charge in [-0.05, 0) is 29.8 Å². The van der Waals surface area contributed by atoms with Gasteiger partial charge in [0.25, 0.3) is 0 Å². The molecule has 3 aromatic rings. The highest BCUT2D eigenvalue weighted by molar-refractivity contribution is 5.74. The van der Waals surface area contributed by atoms with Gasteiger partial charge in [0, 0.05) is 0 Å². The molecule has 4 heteroatoms. The first-order valence-corrected chi connectivity index (χ1v) is 6.07. The molecule has 3 rings (SSSR count). The van der Waals surface area contributed by atoms with Crippen LogP contribution in [-0.2, 0) is 6.54 Å². The van der Waals surface area contributed by atoms with Crippen molar-refractivity contribution in [3.63, 3.8) is 0 Å². The number of halogens is 1. The molecule has 0 aliphatic rings. The summed E-state index contributed by atoms with van der Waals surface area (Å²) in [6.45, 7) is 0.395. The Morgan fingerprint density at radius 3 is 2.63 bits per heavy atom. The number of rotatable bonds is 3. The van der Waals surface area contributed by atoms with Crippen molar-refractivity contribution >= 4 is 11.0 Å². The van der Waals surface area contributed by atoms with E-state index in [9.17, 15) is 9.50 Å². The van der Waals surface area contributed by atoms with Gasteiger partial charge in [-0.15, -0.1) is 0 Å². The van der Waals surface area contributed by atoms with E-state index in [1.165, 1.54) is 12.1 Å². The number of fused-ring (bicyclic) bond motifs is 1. The Kier molecular flexibility index (Phi) is 3.01. The number of aromatic nitrogens is 2. The van der Waals surface area contributed by atoms with E-state index in [2.05, 4.69) is 4.98 Å². The first-order chi connectivity index (χ1) is 9.24. The number of aliphatic hydroxyl groups excluding tert-OH is 1. The zero-order chi connectivity index (χ0) is 13.2. The van der Waals surface area contributed by atoms with E-state index in [1.807, 2.05) is 28.8 Å². The number of imidazole rings is 1. The maximum Gasteiger partial charge on any atom is 0.123 e. The fourth-order valence-electron chi connectivity index (χ4n) is 2.13. The van der Waals surface area contributed by atoms with Gasteiger partial charge in [0.1, 0.15) is 5.82 Å². The monoisotopic (exact) mass is 256 g/mol. The molecular formula is C15H13FN2O. The second-order valence-corrected chi connectivity index (χ2v) is 4.45. The van der Waals surface area contributed by atoms with Gasteiger partial charge in [-0.25, -0.2) is 9.37 Å². The molecule has 0 radical (unpaired) electrons. The summed E-state index contributed by atoms with van der Waals surface area (Å²) >= 11 is 0. The van der Waals surface area contributed by atoms with Crippen LogP contribution in [0.25, 0.3) is 11.0 Å². The number of para-hydroxylation sites is 2. The Morgan fingerprint density at radius 2 is 1.84 bits per heavy atom. The van der Waals surface area contributed by atoms with Gasteiger partial charge in [-0.2, -0.15) is 0 Å². The van der Waals surface area contributed by atoms with Crippen molar-refractivity contribution in [3.05, 3.63) is 66.2 Å². The summed E-state index contributed by atoms with van der Waals surface area (Å²) < 4.78 is 14.7. The summed E-state index contributed by atoms with van der Waals surface area (Å²) in [5.74, 6) is -0.302. The highest BCUT2D eigenvalue weighted by Gasteiger charge is 2.10. The van der Waals surface area contributed by atoms with Crippen LogP contribution in [-0.4, -0.2) is 14.7 Å². The van der Waals surface area contributed by atoms with Crippen LogP contribution in [0.3, 0.4) is 0 Å². The van der Waals surface area contributed by atoms with Gasteiger partial charge in [-0.3, -0.25) is 0 Å². The number of hydrogen-bond donors (Lipinski definition) is 1. The van der Waals surface area contributed by atoms with Crippen molar-refractivity contribution in [1.82, 2.24) is 9.55 Å². The lowest BCUT2D eigenvalue weighted by Crippen LogP contribution is -2.07. The average molecular weight is 256 g/mol. The minimum absolute atomic E-state index is 0.302. The zero-order valence-electron chi connectivity index (χ0n) is 10.2. The molecule has 19 heavy (non-hydrogen) atoms. The lowest BCUT2D eigenvalue weighted by atomic mass is 10.1. The fraction of sp³-hybridized carbons (Fsp3) is 0.133. The van der Waals surface area contributed by atoms with Gasteiger partial charge >= 0.3 is 0 Å². The van der Waals surface area contributed by atoms with E-state index in [0.717, 1.165) is 11.0 Å². The standard InChI is InChI=1S/C15H13FN2O/c16-12-7-5-11(6-8-12)15(19)9-18-10-17-13-3-1-2-4-14(13)18/h1-8,10,15,19H,9H2. The Bertz CT molecular complexity index is 691. The quantitative estimate of drug-likeness (QED) is 0.782. The van der Waals surface area contributed by atoms with Gasteiger partial charge in [0.15, 0.2) is 0 Å². The molecule has 1 aromatic heterocycles. The molecule has 3 nitrogen and oxygen atoms in total. The van der Waals surface area contributed by atoms with E-state index < -0.39 is 6.10 Å². The number of aliphatic hydroxyl groups is 1. The Morgan fingerprint density at radius 1 is 1.11 bits per heavy atom. The summed E-state index contributed by atoms with van der Waals surface area (Å²) in [6, 6.07) is 13.6. The van der Waals surface area contributed by atoms with E-state index in [4.69, 9.17) is 0 Å². The van der Waals surface area contributed by atoms with E-state index in [0.29, 0.717) is 12.1 Å². The molecule has 1 atom stereocenters. The van der Waals surface area contributed by atoms with E-state index in [-0.39, 0.29) is 5.82 Å². The second kappa shape index (κ2) is 4.82. The molecule has 0 fully saturated rings. The third-order valence-corrected chi connectivity index (χ3v) is 3.15. The van der Waals surface area contributed by atoms with E-state index >= 15 is 0 Å². The topological polar surface area (TPSA) is 38.0 Å². The van der Waals surface area contributed by atoms with Crippen LogP contribution >= 0.6 is 0 Å². The van der Waals surface area contributed by atoms with Crippen LogP contribution in [0.2, 0.25) is 0 Å². The summed E-state index contributed by atoms with van der Waals surface area (Å²) in [7, 11) is 0.